The quantitative estimate of drug-likeness (QED) is 0.680. The average molecular weight is 181 g/mol. The molecule has 70 valence electrons. The van der Waals surface area contributed by atoms with E-state index in [0.29, 0.717) is 11.4 Å². The Hall–Kier alpha value is -1.49. The zero-order valence-corrected chi connectivity index (χ0v) is 7.27. The molecule has 0 radical (unpaired) electrons. The Labute approximate surface area is 75.6 Å². The van der Waals surface area contributed by atoms with Gasteiger partial charge in [-0.15, -0.1) is 0 Å². The summed E-state index contributed by atoms with van der Waals surface area (Å²) < 4.78 is 0. The summed E-state index contributed by atoms with van der Waals surface area (Å²) in [6.07, 6.45) is 3.00. The molecular weight excluding hydrogens is 170 g/mol. The summed E-state index contributed by atoms with van der Waals surface area (Å²) in [6.45, 7) is 1.79. The minimum atomic E-state index is -0.970. The SMILES string of the molecule is Cc1cncc(C(CN)C(=O)O)n1. The Balaban J connectivity index is 2.98. The van der Waals surface area contributed by atoms with Gasteiger partial charge in [0, 0.05) is 18.9 Å². The van der Waals surface area contributed by atoms with Gasteiger partial charge in [-0.05, 0) is 6.92 Å². The van der Waals surface area contributed by atoms with Gasteiger partial charge >= 0.3 is 5.97 Å². The predicted octanol–water partition coefficient (Wildman–Crippen LogP) is -0.0881. The first-order chi connectivity index (χ1) is 6.15. The summed E-state index contributed by atoms with van der Waals surface area (Å²) in [5, 5.41) is 8.77. The molecule has 1 heterocycles. The molecular formula is C8H11N3O2. The second-order valence-electron chi connectivity index (χ2n) is 2.71. The molecule has 0 aliphatic carbocycles. The molecule has 0 aliphatic heterocycles. The van der Waals surface area contributed by atoms with E-state index in [4.69, 9.17) is 10.8 Å². The van der Waals surface area contributed by atoms with Gasteiger partial charge in [0.25, 0.3) is 0 Å². The van der Waals surface area contributed by atoms with Gasteiger partial charge < -0.3 is 10.8 Å². The Morgan fingerprint density at radius 3 is 2.85 bits per heavy atom. The van der Waals surface area contributed by atoms with Crippen molar-refractivity contribution in [3.63, 3.8) is 0 Å². The maximum Gasteiger partial charge on any atom is 0.313 e. The lowest BCUT2D eigenvalue weighted by Crippen LogP contribution is -2.22. The Morgan fingerprint density at radius 2 is 2.38 bits per heavy atom. The molecule has 0 amide bonds. The van der Waals surface area contributed by atoms with Gasteiger partial charge in [0.2, 0.25) is 0 Å². The number of hydrogen-bond acceptors (Lipinski definition) is 4. The molecule has 0 bridgehead atoms. The van der Waals surface area contributed by atoms with Gasteiger partial charge in [0.15, 0.2) is 0 Å². The average Bonchev–Trinajstić information content (AvgIpc) is 2.04. The maximum atomic E-state index is 10.7. The second kappa shape index (κ2) is 3.95. The van der Waals surface area contributed by atoms with Crippen LogP contribution in [0.5, 0.6) is 0 Å². The lowest BCUT2D eigenvalue weighted by molar-refractivity contribution is -0.138. The van der Waals surface area contributed by atoms with Crippen molar-refractivity contribution >= 4 is 5.97 Å². The number of rotatable bonds is 3. The molecule has 5 nitrogen and oxygen atoms in total. The third kappa shape index (κ3) is 2.22. The summed E-state index contributed by atoms with van der Waals surface area (Å²) >= 11 is 0. The fraction of sp³-hybridized carbons (Fsp3) is 0.375. The third-order valence-electron chi connectivity index (χ3n) is 1.66. The van der Waals surface area contributed by atoms with E-state index in [2.05, 4.69) is 9.97 Å². The molecule has 0 saturated carbocycles. The van der Waals surface area contributed by atoms with E-state index in [9.17, 15) is 4.79 Å². The van der Waals surface area contributed by atoms with E-state index < -0.39 is 11.9 Å². The zero-order chi connectivity index (χ0) is 9.84. The number of carboxylic acids is 1. The molecule has 1 aromatic heterocycles. The Bertz CT molecular complexity index is 314. The molecule has 1 unspecified atom stereocenters. The number of aliphatic carboxylic acids is 1. The lowest BCUT2D eigenvalue weighted by atomic mass is 10.1. The first-order valence-corrected chi connectivity index (χ1v) is 3.86. The molecule has 1 atom stereocenters. The number of nitrogens with two attached hydrogens (primary N) is 1. The summed E-state index contributed by atoms with van der Waals surface area (Å²) in [5.74, 6) is -1.73. The van der Waals surface area contributed by atoms with Crippen LogP contribution in [-0.4, -0.2) is 27.6 Å². The first-order valence-electron chi connectivity index (χ1n) is 3.86. The van der Waals surface area contributed by atoms with Crippen molar-refractivity contribution in [2.75, 3.05) is 6.54 Å². The normalized spacial score (nSPS) is 12.5. The smallest absolute Gasteiger partial charge is 0.313 e. The number of aryl methyl sites for hydroxylation is 1. The third-order valence-corrected chi connectivity index (χ3v) is 1.66. The van der Waals surface area contributed by atoms with Crippen LogP contribution in [-0.2, 0) is 4.79 Å². The van der Waals surface area contributed by atoms with Crippen molar-refractivity contribution in [3.05, 3.63) is 23.8 Å². The maximum absolute atomic E-state index is 10.7. The van der Waals surface area contributed by atoms with Crippen LogP contribution < -0.4 is 5.73 Å². The van der Waals surface area contributed by atoms with Crippen molar-refractivity contribution < 1.29 is 9.90 Å². The molecule has 5 heteroatoms. The van der Waals surface area contributed by atoms with Crippen LogP contribution in [0, 0.1) is 6.92 Å². The van der Waals surface area contributed by atoms with E-state index >= 15 is 0 Å². The highest BCUT2D eigenvalue weighted by Gasteiger charge is 2.19. The summed E-state index contributed by atoms with van der Waals surface area (Å²) in [7, 11) is 0. The molecule has 0 saturated heterocycles. The van der Waals surface area contributed by atoms with Crippen LogP contribution in [0.1, 0.15) is 17.3 Å². The number of carboxylic acid groups (broad SMARTS) is 1. The Kier molecular flexibility index (Phi) is 2.92. The molecule has 1 aromatic rings. The predicted molar refractivity (Wildman–Crippen MR) is 46.2 cm³/mol. The topological polar surface area (TPSA) is 89.1 Å². The molecule has 13 heavy (non-hydrogen) atoms. The van der Waals surface area contributed by atoms with Crippen molar-refractivity contribution in [2.45, 2.75) is 12.8 Å². The monoisotopic (exact) mass is 181 g/mol. The highest BCUT2D eigenvalue weighted by Crippen LogP contribution is 2.10. The number of carbonyl (C=O) groups is 1. The molecule has 1 rings (SSSR count). The van der Waals surface area contributed by atoms with Gasteiger partial charge in [0.1, 0.15) is 5.92 Å². The minimum Gasteiger partial charge on any atom is -0.481 e. The van der Waals surface area contributed by atoms with E-state index in [-0.39, 0.29) is 6.54 Å². The van der Waals surface area contributed by atoms with Crippen molar-refractivity contribution in [1.82, 2.24) is 9.97 Å². The largest absolute Gasteiger partial charge is 0.481 e. The van der Waals surface area contributed by atoms with Crippen molar-refractivity contribution in [1.29, 1.82) is 0 Å². The highest BCUT2D eigenvalue weighted by molar-refractivity contribution is 5.75. The molecule has 0 aliphatic rings. The van der Waals surface area contributed by atoms with E-state index in [1.807, 2.05) is 0 Å². The molecule has 3 N–H and O–H groups in total. The zero-order valence-electron chi connectivity index (χ0n) is 7.27. The summed E-state index contributed by atoms with van der Waals surface area (Å²) in [6, 6.07) is 0. The number of hydrogen-bond donors (Lipinski definition) is 2. The molecule has 0 fully saturated rings. The van der Waals surface area contributed by atoms with Crippen LogP contribution in [0.4, 0.5) is 0 Å². The minimum absolute atomic E-state index is 0.0352. The number of nitrogens with zero attached hydrogens (tertiary/aromatic N) is 2. The van der Waals surface area contributed by atoms with Gasteiger partial charge in [-0.1, -0.05) is 0 Å². The standard InChI is InChI=1S/C8H11N3O2/c1-5-3-10-4-7(11-5)6(2-9)8(12)13/h3-4,6H,2,9H2,1H3,(H,12,13). The van der Waals surface area contributed by atoms with E-state index in [1.54, 1.807) is 13.1 Å². The van der Waals surface area contributed by atoms with Gasteiger partial charge in [-0.25, -0.2) is 0 Å². The fourth-order valence-electron chi connectivity index (χ4n) is 0.999. The highest BCUT2D eigenvalue weighted by atomic mass is 16.4. The fourth-order valence-corrected chi connectivity index (χ4v) is 0.999. The first kappa shape index (κ1) is 9.60. The van der Waals surface area contributed by atoms with E-state index in [0.717, 1.165) is 0 Å². The molecule has 0 spiro atoms. The number of aromatic nitrogens is 2. The summed E-state index contributed by atoms with van der Waals surface area (Å²) in [5.41, 5.74) is 6.41. The van der Waals surface area contributed by atoms with Gasteiger partial charge in [-0.2, -0.15) is 0 Å². The Morgan fingerprint density at radius 1 is 1.69 bits per heavy atom. The lowest BCUT2D eigenvalue weighted by Gasteiger charge is -2.08. The molecule has 0 aromatic carbocycles. The summed E-state index contributed by atoms with van der Waals surface area (Å²) in [4.78, 5) is 18.6. The van der Waals surface area contributed by atoms with Gasteiger partial charge in [0.05, 0.1) is 11.4 Å². The van der Waals surface area contributed by atoms with E-state index in [1.165, 1.54) is 6.20 Å². The van der Waals surface area contributed by atoms with Gasteiger partial charge in [-0.3, -0.25) is 14.8 Å². The second-order valence-corrected chi connectivity index (χ2v) is 2.71. The van der Waals surface area contributed by atoms with Crippen LogP contribution in [0.3, 0.4) is 0 Å². The van der Waals surface area contributed by atoms with Crippen molar-refractivity contribution in [2.24, 2.45) is 5.73 Å². The van der Waals surface area contributed by atoms with Crippen molar-refractivity contribution in [3.8, 4) is 0 Å². The van der Waals surface area contributed by atoms with Crippen LogP contribution >= 0.6 is 0 Å². The van der Waals surface area contributed by atoms with Crippen LogP contribution in [0.25, 0.3) is 0 Å². The van der Waals surface area contributed by atoms with Crippen LogP contribution in [0.2, 0.25) is 0 Å². The van der Waals surface area contributed by atoms with Crippen LogP contribution in [0.15, 0.2) is 12.4 Å².